The Morgan fingerprint density at radius 1 is 1.53 bits per heavy atom. The van der Waals surface area contributed by atoms with Gasteiger partial charge in [-0.1, -0.05) is 11.6 Å². The van der Waals surface area contributed by atoms with E-state index in [1.54, 1.807) is 12.1 Å². The second-order valence-electron chi connectivity index (χ2n) is 3.33. The van der Waals surface area contributed by atoms with E-state index < -0.39 is 0 Å². The van der Waals surface area contributed by atoms with E-state index in [1.807, 2.05) is 6.92 Å². The van der Waals surface area contributed by atoms with Gasteiger partial charge in [0.2, 0.25) is 5.91 Å². The van der Waals surface area contributed by atoms with Crippen molar-refractivity contribution in [2.45, 2.75) is 13.3 Å². The smallest absolute Gasteiger partial charge is 0.219 e. The van der Waals surface area contributed by atoms with E-state index in [0.717, 1.165) is 11.3 Å². The monoisotopic (exact) mass is 227 g/mol. The maximum absolute atomic E-state index is 10.5. The number of amides is 1. The highest BCUT2D eigenvalue weighted by molar-refractivity contribution is 6.33. The molecule has 0 heterocycles. The SMILES string of the molecule is Cc1cc(N)c(Cl)cc1NCCC(N)=O. The summed E-state index contributed by atoms with van der Waals surface area (Å²) in [5.74, 6) is -0.332. The van der Waals surface area contributed by atoms with Gasteiger partial charge in [-0.05, 0) is 24.6 Å². The van der Waals surface area contributed by atoms with Gasteiger partial charge in [0.05, 0.1) is 10.7 Å². The molecule has 0 unspecified atom stereocenters. The van der Waals surface area contributed by atoms with E-state index in [0.29, 0.717) is 23.7 Å². The summed E-state index contributed by atoms with van der Waals surface area (Å²) in [4.78, 5) is 10.5. The van der Waals surface area contributed by atoms with E-state index in [9.17, 15) is 4.79 Å². The lowest BCUT2D eigenvalue weighted by atomic mass is 10.1. The molecule has 0 saturated carbocycles. The lowest BCUT2D eigenvalue weighted by Gasteiger charge is -2.10. The molecule has 15 heavy (non-hydrogen) atoms. The number of carbonyl (C=O) groups excluding carboxylic acids is 1. The fraction of sp³-hybridized carbons (Fsp3) is 0.300. The van der Waals surface area contributed by atoms with Crippen molar-refractivity contribution in [1.29, 1.82) is 0 Å². The first-order chi connectivity index (χ1) is 7.00. The normalized spacial score (nSPS) is 10.0. The topological polar surface area (TPSA) is 81.1 Å². The van der Waals surface area contributed by atoms with Gasteiger partial charge < -0.3 is 16.8 Å². The maximum Gasteiger partial charge on any atom is 0.219 e. The second kappa shape index (κ2) is 4.89. The van der Waals surface area contributed by atoms with Gasteiger partial charge in [0.25, 0.3) is 0 Å². The van der Waals surface area contributed by atoms with E-state index in [-0.39, 0.29) is 5.91 Å². The molecule has 0 spiro atoms. The summed E-state index contributed by atoms with van der Waals surface area (Å²) in [6.07, 6.45) is 0.293. The van der Waals surface area contributed by atoms with E-state index in [1.165, 1.54) is 0 Å². The van der Waals surface area contributed by atoms with Gasteiger partial charge in [0.15, 0.2) is 0 Å². The van der Waals surface area contributed by atoms with Crippen molar-refractivity contribution in [3.8, 4) is 0 Å². The Bertz CT molecular complexity index is 379. The molecule has 0 fully saturated rings. The summed E-state index contributed by atoms with van der Waals surface area (Å²) in [6, 6.07) is 3.53. The summed E-state index contributed by atoms with van der Waals surface area (Å²) >= 11 is 5.87. The minimum absolute atomic E-state index is 0.293. The summed E-state index contributed by atoms with van der Waals surface area (Å²) in [5, 5.41) is 3.57. The average molecular weight is 228 g/mol. The Labute approximate surface area is 93.6 Å². The second-order valence-corrected chi connectivity index (χ2v) is 3.74. The molecule has 1 aromatic carbocycles. The van der Waals surface area contributed by atoms with Crippen molar-refractivity contribution < 1.29 is 4.79 Å². The maximum atomic E-state index is 10.5. The van der Waals surface area contributed by atoms with Gasteiger partial charge in [-0.25, -0.2) is 0 Å². The Kier molecular flexibility index (Phi) is 3.80. The Balaban J connectivity index is 2.69. The first-order valence-corrected chi connectivity index (χ1v) is 4.96. The molecule has 0 aromatic heterocycles. The number of nitrogen functional groups attached to an aromatic ring is 1. The van der Waals surface area contributed by atoms with Gasteiger partial charge in [-0.3, -0.25) is 4.79 Å². The van der Waals surface area contributed by atoms with E-state index in [4.69, 9.17) is 23.1 Å². The van der Waals surface area contributed by atoms with Crippen LogP contribution in [-0.2, 0) is 4.79 Å². The van der Waals surface area contributed by atoms with Crippen LogP contribution in [0.4, 0.5) is 11.4 Å². The molecule has 0 aliphatic rings. The fourth-order valence-electron chi connectivity index (χ4n) is 1.21. The van der Waals surface area contributed by atoms with Crippen molar-refractivity contribution in [2.24, 2.45) is 5.73 Å². The molecule has 0 aliphatic heterocycles. The highest BCUT2D eigenvalue weighted by Gasteiger charge is 2.03. The number of nitrogens with one attached hydrogen (secondary N) is 1. The van der Waals surface area contributed by atoms with E-state index in [2.05, 4.69) is 5.32 Å². The molecule has 0 radical (unpaired) electrons. The minimum atomic E-state index is -0.332. The lowest BCUT2D eigenvalue weighted by Crippen LogP contribution is -2.16. The van der Waals surface area contributed by atoms with Crippen LogP contribution >= 0.6 is 11.6 Å². The predicted octanol–water partition coefficient (Wildman–Crippen LogP) is 1.52. The molecule has 1 rings (SSSR count). The van der Waals surface area contributed by atoms with Crippen molar-refractivity contribution in [1.82, 2.24) is 0 Å². The highest BCUT2D eigenvalue weighted by Crippen LogP contribution is 2.26. The zero-order valence-electron chi connectivity index (χ0n) is 8.51. The molecule has 0 aliphatic carbocycles. The summed E-state index contributed by atoms with van der Waals surface area (Å²) < 4.78 is 0. The van der Waals surface area contributed by atoms with Gasteiger partial charge in [0.1, 0.15) is 0 Å². The van der Waals surface area contributed by atoms with Crippen molar-refractivity contribution >= 4 is 28.9 Å². The molecular formula is C10H14ClN3O. The zero-order valence-corrected chi connectivity index (χ0v) is 9.27. The first kappa shape index (κ1) is 11.7. The number of primary amides is 1. The molecule has 0 atom stereocenters. The molecule has 0 saturated heterocycles. The molecule has 0 bridgehead atoms. The highest BCUT2D eigenvalue weighted by atomic mass is 35.5. The number of aryl methyl sites for hydroxylation is 1. The van der Waals surface area contributed by atoms with Gasteiger partial charge in [-0.15, -0.1) is 0 Å². The number of anilines is 2. The molecule has 82 valence electrons. The lowest BCUT2D eigenvalue weighted by molar-refractivity contribution is -0.117. The van der Waals surface area contributed by atoms with Gasteiger partial charge >= 0.3 is 0 Å². The van der Waals surface area contributed by atoms with Crippen LogP contribution in [0, 0.1) is 6.92 Å². The van der Waals surface area contributed by atoms with Crippen LogP contribution in [0.1, 0.15) is 12.0 Å². The molecule has 1 aromatic rings. The number of hydrogen-bond donors (Lipinski definition) is 3. The van der Waals surface area contributed by atoms with Crippen molar-refractivity contribution in [2.75, 3.05) is 17.6 Å². The Morgan fingerprint density at radius 3 is 2.80 bits per heavy atom. The van der Waals surface area contributed by atoms with Crippen LogP contribution in [0.3, 0.4) is 0 Å². The summed E-state index contributed by atoms with van der Waals surface area (Å²) in [7, 11) is 0. The first-order valence-electron chi connectivity index (χ1n) is 4.58. The third-order valence-corrected chi connectivity index (χ3v) is 2.36. The quantitative estimate of drug-likeness (QED) is 0.683. The van der Waals surface area contributed by atoms with Crippen LogP contribution in [0.2, 0.25) is 5.02 Å². The summed E-state index contributed by atoms with van der Waals surface area (Å²) in [6.45, 7) is 2.41. The number of halogens is 1. The largest absolute Gasteiger partial charge is 0.398 e. The number of carbonyl (C=O) groups is 1. The van der Waals surface area contributed by atoms with Gasteiger partial charge in [-0.2, -0.15) is 0 Å². The minimum Gasteiger partial charge on any atom is -0.398 e. The van der Waals surface area contributed by atoms with Crippen molar-refractivity contribution in [3.05, 3.63) is 22.7 Å². The molecule has 4 nitrogen and oxygen atoms in total. The van der Waals surface area contributed by atoms with Crippen molar-refractivity contribution in [3.63, 3.8) is 0 Å². The van der Waals surface area contributed by atoms with Crippen LogP contribution in [0.25, 0.3) is 0 Å². The Hall–Kier alpha value is -1.42. The van der Waals surface area contributed by atoms with Crippen LogP contribution < -0.4 is 16.8 Å². The van der Waals surface area contributed by atoms with Crippen LogP contribution in [0.15, 0.2) is 12.1 Å². The third kappa shape index (κ3) is 3.32. The van der Waals surface area contributed by atoms with Crippen LogP contribution in [-0.4, -0.2) is 12.5 Å². The number of rotatable bonds is 4. The third-order valence-electron chi connectivity index (χ3n) is 2.03. The standard InChI is InChI=1S/C10H14ClN3O/c1-6-4-8(12)7(11)5-9(6)14-3-2-10(13)15/h4-5,14H,2-3,12H2,1H3,(H2,13,15). The zero-order chi connectivity index (χ0) is 11.4. The molecule has 5 heteroatoms. The predicted molar refractivity (Wildman–Crippen MR) is 62.9 cm³/mol. The van der Waals surface area contributed by atoms with Crippen LogP contribution in [0.5, 0.6) is 0 Å². The average Bonchev–Trinajstić information content (AvgIpc) is 2.13. The molecular weight excluding hydrogens is 214 g/mol. The van der Waals surface area contributed by atoms with E-state index >= 15 is 0 Å². The molecule has 5 N–H and O–H groups in total. The number of nitrogens with two attached hydrogens (primary N) is 2. The number of benzene rings is 1. The molecule has 1 amide bonds. The fourth-order valence-corrected chi connectivity index (χ4v) is 1.38. The summed E-state index contributed by atoms with van der Waals surface area (Å²) in [5.41, 5.74) is 13.1. The Morgan fingerprint density at radius 2 is 2.20 bits per heavy atom. The number of hydrogen-bond acceptors (Lipinski definition) is 3. The van der Waals surface area contributed by atoms with Gasteiger partial charge in [0, 0.05) is 18.7 Å².